The summed E-state index contributed by atoms with van der Waals surface area (Å²) in [5.74, 6) is -0.266. The van der Waals surface area contributed by atoms with Gasteiger partial charge in [0.05, 0.1) is 0 Å². The molecule has 0 bridgehead atoms. The molecule has 3 aromatic rings. The van der Waals surface area contributed by atoms with Crippen LogP contribution in [0.3, 0.4) is 0 Å². The number of hydrogen-bond donors (Lipinski definition) is 2. The zero-order valence-electron chi connectivity index (χ0n) is 15.3. The number of carbonyl (C=O) groups excluding carboxylic acids is 1. The van der Waals surface area contributed by atoms with E-state index < -0.39 is 5.91 Å². The second kappa shape index (κ2) is 9.20. The van der Waals surface area contributed by atoms with Crippen molar-refractivity contribution >= 4 is 17.7 Å². The fraction of sp³-hybridized carbons (Fsp3) is 0.0435. The first-order valence-corrected chi connectivity index (χ1v) is 8.73. The minimum absolute atomic E-state index is 0.0712. The molecular weight excluding hydrogens is 371 g/mol. The Kier molecular flexibility index (Phi) is 6.23. The summed E-state index contributed by atoms with van der Waals surface area (Å²) in [5.41, 5.74) is 1.48. The van der Waals surface area contributed by atoms with Crippen LogP contribution in [0.5, 0.6) is 11.5 Å². The van der Waals surface area contributed by atoms with Gasteiger partial charge in [0.15, 0.2) is 0 Å². The summed E-state index contributed by atoms with van der Waals surface area (Å²) in [7, 11) is 0. The fourth-order valence-electron chi connectivity index (χ4n) is 2.50. The van der Waals surface area contributed by atoms with Crippen LogP contribution in [0.25, 0.3) is 6.08 Å². The van der Waals surface area contributed by atoms with Gasteiger partial charge in [-0.1, -0.05) is 30.3 Å². The molecule has 0 saturated carbocycles. The highest BCUT2D eigenvalue weighted by Crippen LogP contribution is 2.18. The number of hydrogen-bond acceptors (Lipinski definition) is 4. The van der Waals surface area contributed by atoms with Gasteiger partial charge >= 0.3 is 0 Å². The Bertz CT molecular complexity index is 1070. The van der Waals surface area contributed by atoms with Gasteiger partial charge in [0.2, 0.25) is 0 Å². The molecule has 0 aliphatic heterocycles. The molecule has 2 N–H and O–H groups in total. The van der Waals surface area contributed by atoms with E-state index in [2.05, 4.69) is 5.32 Å². The normalized spacial score (nSPS) is 10.8. The van der Waals surface area contributed by atoms with Crippen molar-refractivity contribution in [1.29, 1.82) is 5.26 Å². The Morgan fingerprint density at radius 1 is 1.07 bits per heavy atom. The number of phenols is 1. The summed E-state index contributed by atoms with van der Waals surface area (Å²) in [6, 6.07) is 20.9. The minimum Gasteiger partial charge on any atom is -0.508 e. The Morgan fingerprint density at radius 3 is 2.41 bits per heavy atom. The maximum atomic E-state index is 13.6. The van der Waals surface area contributed by atoms with Gasteiger partial charge in [0, 0.05) is 11.3 Å². The number of carbonyl (C=O) groups is 1. The SMILES string of the molecule is N#C/C(=C\c1ccc(OCc2ccccc2F)cc1)C(=O)Nc1ccc(O)cc1. The van der Waals surface area contributed by atoms with E-state index in [9.17, 15) is 19.6 Å². The molecule has 0 radical (unpaired) electrons. The van der Waals surface area contributed by atoms with Crippen LogP contribution in [0.15, 0.2) is 78.4 Å². The average Bonchev–Trinajstić information content (AvgIpc) is 2.74. The highest BCUT2D eigenvalue weighted by Gasteiger charge is 2.10. The predicted octanol–water partition coefficient (Wildman–Crippen LogP) is 4.66. The Hall–Kier alpha value is -4.11. The summed E-state index contributed by atoms with van der Waals surface area (Å²) in [5, 5.41) is 21.2. The van der Waals surface area contributed by atoms with E-state index in [1.165, 1.54) is 36.4 Å². The number of rotatable bonds is 6. The summed E-state index contributed by atoms with van der Waals surface area (Å²) in [6.07, 6.45) is 1.45. The summed E-state index contributed by atoms with van der Waals surface area (Å²) >= 11 is 0. The van der Waals surface area contributed by atoms with E-state index in [1.54, 1.807) is 42.5 Å². The zero-order chi connectivity index (χ0) is 20.6. The van der Waals surface area contributed by atoms with Crippen molar-refractivity contribution in [2.45, 2.75) is 6.61 Å². The van der Waals surface area contributed by atoms with Gasteiger partial charge in [-0.25, -0.2) is 4.39 Å². The molecule has 0 spiro atoms. The van der Waals surface area contributed by atoms with Gasteiger partial charge in [-0.2, -0.15) is 5.26 Å². The van der Waals surface area contributed by atoms with Crippen molar-refractivity contribution in [3.8, 4) is 17.6 Å². The molecule has 6 heteroatoms. The minimum atomic E-state index is -0.557. The summed E-state index contributed by atoms with van der Waals surface area (Å²) in [4.78, 5) is 12.3. The molecule has 0 unspecified atom stereocenters. The molecule has 0 aliphatic rings. The molecule has 0 saturated heterocycles. The number of ether oxygens (including phenoxy) is 1. The summed E-state index contributed by atoms with van der Waals surface area (Å²) in [6.45, 7) is 0.0976. The van der Waals surface area contributed by atoms with Crippen molar-refractivity contribution in [3.05, 3.63) is 95.3 Å². The van der Waals surface area contributed by atoms with E-state index in [0.29, 0.717) is 22.6 Å². The van der Waals surface area contributed by atoms with Crippen molar-refractivity contribution in [3.63, 3.8) is 0 Å². The molecular formula is C23H17FN2O3. The van der Waals surface area contributed by atoms with Crippen molar-refractivity contribution in [2.75, 3.05) is 5.32 Å². The van der Waals surface area contributed by atoms with Gasteiger partial charge in [-0.05, 0) is 54.1 Å². The van der Waals surface area contributed by atoms with Crippen LogP contribution in [-0.4, -0.2) is 11.0 Å². The van der Waals surface area contributed by atoms with Crippen molar-refractivity contribution in [1.82, 2.24) is 0 Å². The highest BCUT2D eigenvalue weighted by atomic mass is 19.1. The topological polar surface area (TPSA) is 82.3 Å². The largest absolute Gasteiger partial charge is 0.508 e. The van der Waals surface area contributed by atoms with Gasteiger partial charge in [-0.3, -0.25) is 4.79 Å². The number of nitrogens with zero attached hydrogens (tertiary/aromatic N) is 1. The maximum absolute atomic E-state index is 13.6. The first-order chi connectivity index (χ1) is 14.0. The Morgan fingerprint density at radius 2 is 1.76 bits per heavy atom. The number of halogens is 1. The molecule has 3 aromatic carbocycles. The fourth-order valence-corrected chi connectivity index (χ4v) is 2.50. The monoisotopic (exact) mass is 388 g/mol. The first kappa shape index (κ1) is 19.6. The first-order valence-electron chi connectivity index (χ1n) is 8.73. The number of aromatic hydroxyl groups is 1. The predicted molar refractivity (Wildman–Crippen MR) is 108 cm³/mol. The van der Waals surface area contributed by atoms with Gasteiger partial charge < -0.3 is 15.2 Å². The van der Waals surface area contributed by atoms with Gasteiger partial charge in [0.25, 0.3) is 5.91 Å². The van der Waals surface area contributed by atoms with E-state index in [1.807, 2.05) is 6.07 Å². The number of benzene rings is 3. The Balaban J connectivity index is 1.65. The molecule has 3 rings (SSSR count). The maximum Gasteiger partial charge on any atom is 0.266 e. The molecule has 0 aliphatic carbocycles. The molecule has 144 valence electrons. The quantitative estimate of drug-likeness (QED) is 0.366. The van der Waals surface area contributed by atoms with Gasteiger partial charge in [-0.15, -0.1) is 0 Å². The van der Waals surface area contributed by atoms with Crippen LogP contribution in [0, 0.1) is 17.1 Å². The van der Waals surface area contributed by atoms with Crippen LogP contribution >= 0.6 is 0 Å². The third-order valence-corrected chi connectivity index (χ3v) is 4.03. The van der Waals surface area contributed by atoms with Gasteiger partial charge in [0.1, 0.15) is 35.6 Å². The second-order valence-corrected chi connectivity index (χ2v) is 6.12. The lowest BCUT2D eigenvalue weighted by Gasteiger charge is -2.07. The summed E-state index contributed by atoms with van der Waals surface area (Å²) < 4.78 is 19.2. The van der Waals surface area contributed by atoms with Crippen molar-refractivity contribution < 1.29 is 19.0 Å². The average molecular weight is 388 g/mol. The molecule has 0 heterocycles. The molecule has 0 fully saturated rings. The van der Waals surface area contributed by atoms with Crippen LogP contribution < -0.4 is 10.1 Å². The number of amides is 1. The Labute approximate surface area is 167 Å². The standard InChI is InChI=1S/C23H17FN2O3/c24-22-4-2-1-3-17(22)15-29-21-11-5-16(6-12-21)13-18(14-25)23(28)26-19-7-9-20(27)10-8-19/h1-13,27H,15H2,(H,26,28)/b18-13+. The number of nitriles is 1. The van der Waals surface area contributed by atoms with E-state index in [-0.39, 0.29) is 23.7 Å². The molecule has 0 atom stereocenters. The number of anilines is 1. The van der Waals surface area contributed by atoms with Crippen LogP contribution in [0.2, 0.25) is 0 Å². The van der Waals surface area contributed by atoms with Crippen LogP contribution in [0.1, 0.15) is 11.1 Å². The second-order valence-electron chi connectivity index (χ2n) is 6.12. The van der Waals surface area contributed by atoms with Crippen molar-refractivity contribution in [2.24, 2.45) is 0 Å². The van der Waals surface area contributed by atoms with Crippen LogP contribution in [0.4, 0.5) is 10.1 Å². The molecule has 29 heavy (non-hydrogen) atoms. The third-order valence-electron chi connectivity index (χ3n) is 4.03. The smallest absolute Gasteiger partial charge is 0.266 e. The molecule has 0 aromatic heterocycles. The zero-order valence-corrected chi connectivity index (χ0v) is 15.3. The lowest BCUT2D eigenvalue weighted by atomic mass is 10.1. The van der Waals surface area contributed by atoms with E-state index >= 15 is 0 Å². The lowest BCUT2D eigenvalue weighted by Crippen LogP contribution is -2.13. The third kappa shape index (κ3) is 5.44. The van der Waals surface area contributed by atoms with E-state index in [0.717, 1.165) is 0 Å². The number of nitrogens with one attached hydrogen (secondary N) is 1. The van der Waals surface area contributed by atoms with E-state index in [4.69, 9.17) is 4.74 Å². The lowest BCUT2D eigenvalue weighted by molar-refractivity contribution is -0.112. The molecule has 5 nitrogen and oxygen atoms in total. The highest BCUT2D eigenvalue weighted by molar-refractivity contribution is 6.09. The van der Waals surface area contributed by atoms with Crippen LogP contribution in [-0.2, 0) is 11.4 Å². The molecule has 1 amide bonds. The number of phenolic OH excluding ortho intramolecular Hbond substituents is 1.